The Labute approximate surface area is 154 Å². The van der Waals surface area contributed by atoms with Crippen LogP contribution in [-0.2, 0) is 14.4 Å². The van der Waals surface area contributed by atoms with Gasteiger partial charge in [-0.25, -0.2) is 0 Å². The summed E-state index contributed by atoms with van der Waals surface area (Å²) in [6.07, 6.45) is 5.38. The van der Waals surface area contributed by atoms with Crippen molar-refractivity contribution in [3.63, 3.8) is 0 Å². The Balaban J connectivity index is 2.19. The molecular formula is C21H24N2O3. The van der Waals surface area contributed by atoms with Gasteiger partial charge < -0.3 is 4.90 Å². The molecule has 0 spiro atoms. The molecule has 1 aromatic carbocycles. The summed E-state index contributed by atoms with van der Waals surface area (Å²) in [5.41, 5.74) is 3.18. The van der Waals surface area contributed by atoms with E-state index in [1.807, 2.05) is 41.1 Å². The third kappa shape index (κ3) is 3.21. The number of para-hydroxylation sites is 2. The van der Waals surface area contributed by atoms with E-state index in [0.717, 1.165) is 29.9 Å². The fourth-order valence-electron chi connectivity index (χ4n) is 3.74. The summed E-state index contributed by atoms with van der Waals surface area (Å²) in [6.45, 7) is 2.87. The summed E-state index contributed by atoms with van der Waals surface area (Å²) >= 11 is 0. The number of nitrogens with zero attached hydrogens (tertiary/aromatic N) is 2. The van der Waals surface area contributed by atoms with Crippen molar-refractivity contribution in [3.8, 4) is 0 Å². The molecule has 0 aromatic heterocycles. The van der Waals surface area contributed by atoms with Gasteiger partial charge in [0.2, 0.25) is 0 Å². The van der Waals surface area contributed by atoms with Crippen molar-refractivity contribution in [1.82, 2.24) is 0 Å². The molecule has 3 rings (SSSR count). The summed E-state index contributed by atoms with van der Waals surface area (Å²) < 4.78 is 0. The highest BCUT2D eigenvalue weighted by Crippen LogP contribution is 2.45. The predicted molar refractivity (Wildman–Crippen MR) is 102 cm³/mol. The molecule has 5 nitrogen and oxygen atoms in total. The molecule has 0 radical (unpaired) electrons. The lowest BCUT2D eigenvalue weighted by Gasteiger charge is -2.28. The summed E-state index contributed by atoms with van der Waals surface area (Å²) in [4.78, 5) is 40.2. The largest absolute Gasteiger partial charge is 0.328 e. The summed E-state index contributed by atoms with van der Waals surface area (Å²) in [6, 6.07) is 7.89. The van der Waals surface area contributed by atoms with E-state index in [2.05, 4.69) is 6.08 Å². The van der Waals surface area contributed by atoms with Gasteiger partial charge in [0, 0.05) is 25.6 Å². The number of rotatable bonds is 3. The van der Waals surface area contributed by atoms with Crippen molar-refractivity contribution in [2.75, 3.05) is 16.8 Å². The van der Waals surface area contributed by atoms with Crippen LogP contribution in [0.5, 0.6) is 0 Å². The molecule has 5 heteroatoms. The number of carbonyl (C=O) groups is 3. The SMILES string of the molecule is CC(=O)C(C(C)=O)=C1N(C)c2ccccc2N1/C1=C/CCC(=O)CCC1. The smallest absolute Gasteiger partial charge is 0.167 e. The lowest BCUT2D eigenvalue weighted by Crippen LogP contribution is -2.31. The fraction of sp³-hybridized carbons (Fsp3) is 0.381. The van der Waals surface area contributed by atoms with Crippen LogP contribution in [0.4, 0.5) is 11.4 Å². The van der Waals surface area contributed by atoms with Gasteiger partial charge in [-0.1, -0.05) is 18.2 Å². The van der Waals surface area contributed by atoms with Gasteiger partial charge in [0.05, 0.1) is 11.4 Å². The van der Waals surface area contributed by atoms with Crippen molar-refractivity contribution in [3.05, 3.63) is 47.4 Å². The molecule has 1 aliphatic carbocycles. The van der Waals surface area contributed by atoms with Crippen LogP contribution in [0.3, 0.4) is 0 Å². The molecule has 0 atom stereocenters. The molecule has 0 unspecified atom stereocenters. The van der Waals surface area contributed by atoms with Crippen molar-refractivity contribution in [2.24, 2.45) is 0 Å². The summed E-state index contributed by atoms with van der Waals surface area (Å²) in [7, 11) is 1.88. The van der Waals surface area contributed by atoms with Crippen molar-refractivity contribution in [2.45, 2.75) is 46.0 Å². The predicted octanol–water partition coefficient (Wildman–Crippen LogP) is 3.75. The van der Waals surface area contributed by atoms with E-state index in [9.17, 15) is 14.4 Å². The Morgan fingerprint density at radius 3 is 2.27 bits per heavy atom. The number of anilines is 2. The minimum atomic E-state index is -0.237. The topological polar surface area (TPSA) is 57.7 Å². The Morgan fingerprint density at radius 1 is 0.962 bits per heavy atom. The molecule has 0 bridgehead atoms. The van der Waals surface area contributed by atoms with E-state index in [-0.39, 0.29) is 17.1 Å². The maximum Gasteiger partial charge on any atom is 0.167 e. The highest BCUT2D eigenvalue weighted by Gasteiger charge is 2.35. The molecule has 0 N–H and O–H groups in total. The normalized spacial score (nSPS) is 19.4. The highest BCUT2D eigenvalue weighted by atomic mass is 16.1. The molecule has 136 valence electrons. The second kappa shape index (κ2) is 7.28. The average molecular weight is 352 g/mol. The zero-order valence-electron chi connectivity index (χ0n) is 15.5. The minimum Gasteiger partial charge on any atom is -0.328 e. The van der Waals surface area contributed by atoms with E-state index < -0.39 is 0 Å². The Morgan fingerprint density at radius 2 is 1.62 bits per heavy atom. The van der Waals surface area contributed by atoms with Gasteiger partial charge in [-0.3, -0.25) is 19.3 Å². The van der Waals surface area contributed by atoms with Gasteiger partial charge in [-0.05, 0) is 45.2 Å². The zero-order valence-corrected chi connectivity index (χ0v) is 15.5. The van der Waals surface area contributed by atoms with E-state index >= 15 is 0 Å². The van der Waals surface area contributed by atoms with Crippen LogP contribution < -0.4 is 9.80 Å². The van der Waals surface area contributed by atoms with Crippen LogP contribution in [0.2, 0.25) is 0 Å². The molecule has 1 aliphatic heterocycles. The van der Waals surface area contributed by atoms with Crippen LogP contribution in [0, 0.1) is 0 Å². The molecule has 0 amide bonds. The Bertz CT molecular complexity index is 819. The second-order valence-corrected chi connectivity index (χ2v) is 6.82. The number of benzene rings is 1. The average Bonchev–Trinajstić information content (AvgIpc) is 2.84. The summed E-state index contributed by atoms with van der Waals surface area (Å²) in [5, 5.41) is 0. The number of allylic oxidation sites excluding steroid dienone is 3. The number of hydrogen-bond donors (Lipinski definition) is 0. The standard InChI is InChI=1S/C21H24N2O3/c1-14(24)20(15(2)25)21-22(3)18-12-4-5-13-19(18)23(21)16-8-6-10-17(26)11-7-9-16/h4-5,8,12-13H,6-7,9-11H2,1-3H3/b16-8+. The zero-order chi connectivity index (χ0) is 18.8. The van der Waals surface area contributed by atoms with Crippen LogP contribution in [0.25, 0.3) is 0 Å². The van der Waals surface area contributed by atoms with Gasteiger partial charge in [-0.2, -0.15) is 0 Å². The number of hydrogen-bond acceptors (Lipinski definition) is 5. The molecule has 2 aliphatic rings. The van der Waals surface area contributed by atoms with Gasteiger partial charge in [0.1, 0.15) is 17.2 Å². The minimum absolute atomic E-state index is 0.211. The molecule has 0 saturated heterocycles. The lowest BCUT2D eigenvalue weighted by molar-refractivity contribution is -0.120. The first-order valence-corrected chi connectivity index (χ1v) is 9.01. The van der Waals surface area contributed by atoms with E-state index in [0.29, 0.717) is 30.9 Å². The maximum atomic E-state index is 12.3. The molecular weight excluding hydrogens is 328 g/mol. The van der Waals surface area contributed by atoms with Crippen molar-refractivity contribution < 1.29 is 14.4 Å². The van der Waals surface area contributed by atoms with E-state index in [1.54, 1.807) is 0 Å². The van der Waals surface area contributed by atoms with Crippen molar-refractivity contribution >= 4 is 28.7 Å². The molecule has 26 heavy (non-hydrogen) atoms. The summed E-state index contributed by atoms with van der Waals surface area (Å²) in [5.74, 6) is 0.435. The highest BCUT2D eigenvalue weighted by molar-refractivity contribution is 6.20. The quantitative estimate of drug-likeness (QED) is 0.471. The molecule has 0 fully saturated rings. The Hall–Kier alpha value is -2.69. The molecule has 1 aromatic rings. The first-order valence-electron chi connectivity index (χ1n) is 9.01. The van der Waals surface area contributed by atoms with Gasteiger partial charge in [0.25, 0.3) is 0 Å². The third-order valence-corrected chi connectivity index (χ3v) is 4.92. The van der Waals surface area contributed by atoms with Gasteiger partial charge >= 0.3 is 0 Å². The van der Waals surface area contributed by atoms with Gasteiger partial charge in [-0.15, -0.1) is 0 Å². The first kappa shape index (κ1) is 18.1. The number of ketones is 3. The van der Waals surface area contributed by atoms with Crippen molar-refractivity contribution in [1.29, 1.82) is 0 Å². The monoisotopic (exact) mass is 352 g/mol. The van der Waals surface area contributed by atoms with Gasteiger partial charge in [0.15, 0.2) is 11.6 Å². The third-order valence-electron chi connectivity index (χ3n) is 4.92. The van der Waals surface area contributed by atoms with E-state index in [4.69, 9.17) is 0 Å². The van der Waals surface area contributed by atoms with Crippen LogP contribution >= 0.6 is 0 Å². The first-order chi connectivity index (χ1) is 12.4. The number of Topliss-reactive ketones (excluding diaryl/α,β-unsaturated/α-hetero) is 3. The second-order valence-electron chi connectivity index (χ2n) is 6.82. The van der Waals surface area contributed by atoms with Crippen LogP contribution in [0.15, 0.2) is 47.4 Å². The number of carbonyl (C=O) groups excluding carboxylic acids is 3. The van der Waals surface area contributed by atoms with Crippen LogP contribution in [0.1, 0.15) is 46.0 Å². The Kier molecular flexibility index (Phi) is 5.07. The fourth-order valence-corrected chi connectivity index (χ4v) is 3.74. The van der Waals surface area contributed by atoms with E-state index in [1.165, 1.54) is 13.8 Å². The maximum absolute atomic E-state index is 12.3. The lowest BCUT2D eigenvalue weighted by atomic mass is 10.0. The number of fused-ring (bicyclic) bond motifs is 1. The molecule has 0 saturated carbocycles. The van der Waals surface area contributed by atoms with Crippen LogP contribution in [-0.4, -0.2) is 24.4 Å². The molecule has 1 heterocycles.